The van der Waals surface area contributed by atoms with Crippen molar-refractivity contribution in [3.63, 3.8) is 0 Å². The Kier molecular flexibility index (Phi) is 3.17. The zero-order valence-corrected chi connectivity index (χ0v) is 8.90. The highest BCUT2D eigenvalue weighted by atomic mass is 19.1. The van der Waals surface area contributed by atoms with Gasteiger partial charge in [-0.2, -0.15) is 0 Å². The second-order valence-corrected chi connectivity index (χ2v) is 3.67. The Labute approximate surface area is 93.4 Å². The van der Waals surface area contributed by atoms with Gasteiger partial charge in [-0.15, -0.1) is 0 Å². The number of rotatable bonds is 3. The van der Waals surface area contributed by atoms with Crippen molar-refractivity contribution in [3.8, 4) is 0 Å². The molecule has 86 valence electrons. The van der Waals surface area contributed by atoms with E-state index in [4.69, 9.17) is 5.73 Å². The molecule has 2 N–H and O–H groups in total. The molecule has 1 aromatic rings. The molecule has 4 nitrogen and oxygen atoms in total. The minimum absolute atomic E-state index is 0.0278. The third kappa shape index (κ3) is 2.05. The number of hydrogen-bond acceptors (Lipinski definition) is 3. The lowest BCUT2D eigenvalue weighted by atomic mass is 10.3. The third-order valence-corrected chi connectivity index (χ3v) is 2.56. The Morgan fingerprint density at radius 3 is 2.62 bits per heavy atom. The van der Waals surface area contributed by atoms with Gasteiger partial charge < -0.3 is 5.73 Å². The van der Waals surface area contributed by atoms with Crippen LogP contribution >= 0.6 is 0 Å². The molecular weight excluding hydrogens is 209 g/mol. The average molecular weight is 223 g/mol. The van der Waals surface area contributed by atoms with Crippen LogP contribution < -0.4 is 10.7 Å². The summed E-state index contributed by atoms with van der Waals surface area (Å²) in [7, 11) is 0. The molecule has 2 rings (SSSR count). The smallest absolute Gasteiger partial charge is 0.242 e. The molecule has 16 heavy (non-hydrogen) atoms. The van der Waals surface area contributed by atoms with E-state index in [-0.39, 0.29) is 11.7 Å². The summed E-state index contributed by atoms with van der Waals surface area (Å²) in [6, 6.07) is 5.90. The molecule has 0 radical (unpaired) electrons. The molecule has 0 unspecified atom stereocenters. The van der Waals surface area contributed by atoms with Crippen LogP contribution in [0.1, 0.15) is 6.42 Å². The minimum Gasteiger partial charge on any atom is -0.329 e. The van der Waals surface area contributed by atoms with Crippen molar-refractivity contribution in [1.82, 2.24) is 5.01 Å². The van der Waals surface area contributed by atoms with Gasteiger partial charge in [-0.3, -0.25) is 4.79 Å². The molecule has 0 atom stereocenters. The van der Waals surface area contributed by atoms with Crippen LogP contribution in [0.4, 0.5) is 10.1 Å². The molecule has 1 aliphatic heterocycles. The predicted molar refractivity (Wildman–Crippen MR) is 59.1 cm³/mol. The van der Waals surface area contributed by atoms with Crippen molar-refractivity contribution < 1.29 is 9.18 Å². The third-order valence-electron chi connectivity index (χ3n) is 2.56. The van der Waals surface area contributed by atoms with E-state index in [9.17, 15) is 9.18 Å². The highest BCUT2D eigenvalue weighted by molar-refractivity contribution is 5.94. The number of hydrazine groups is 1. The van der Waals surface area contributed by atoms with Gasteiger partial charge in [0.1, 0.15) is 5.82 Å². The van der Waals surface area contributed by atoms with Gasteiger partial charge in [0.15, 0.2) is 0 Å². The molecule has 1 amide bonds. The van der Waals surface area contributed by atoms with Crippen LogP contribution in [0.3, 0.4) is 0 Å². The Hall–Kier alpha value is -1.46. The van der Waals surface area contributed by atoms with Crippen molar-refractivity contribution in [2.24, 2.45) is 5.73 Å². The summed E-state index contributed by atoms with van der Waals surface area (Å²) >= 11 is 0. The van der Waals surface area contributed by atoms with E-state index in [2.05, 4.69) is 0 Å². The number of halogens is 1. The predicted octanol–water partition coefficient (Wildman–Crippen LogP) is 0.738. The molecule has 1 aromatic carbocycles. The molecule has 0 aliphatic carbocycles. The van der Waals surface area contributed by atoms with E-state index in [1.165, 1.54) is 12.1 Å². The Balaban J connectivity index is 2.22. The van der Waals surface area contributed by atoms with Crippen LogP contribution in [0.25, 0.3) is 0 Å². The van der Waals surface area contributed by atoms with E-state index in [0.29, 0.717) is 31.7 Å². The van der Waals surface area contributed by atoms with Crippen molar-refractivity contribution >= 4 is 11.6 Å². The molecule has 0 aromatic heterocycles. The molecule has 0 spiro atoms. The lowest BCUT2D eigenvalue weighted by Gasteiger charge is -2.27. The number of nitrogens with two attached hydrogens (primary N) is 1. The minimum atomic E-state index is -0.305. The lowest BCUT2D eigenvalue weighted by molar-refractivity contribution is -0.118. The Bertz CT molecular complexity index is 379. The van der Waals surface area contributed by atoms with Gasteiger partial charge in [0, 0.05) is 26.1 Å². The standard InChI is InChI=1S/C11H14FN3O/c12-9-1-3-10(4-2-9)15-11(16)5-7-14(15)8-6-13/h1-4H,5-8,13H2. The summed E-state index contributed by atoms with van der Waals surface area (Å²) < 4.78 is 12.8. The van der Waals surface area contributed by atoms with Gasteiger partial charge in [-0.05, 0) is 24.3 Å². The molecule has 1 fully saturated rings. The summed E-state index contributed by atoms with van der Waals surface area (Å²) in [5.41, 5.74) is 6.17. The Morgan fingerprint density at radius 1 is 1.31 bits per heavy atom. The summed E-state index contributed by atoms with van der Waals surface area (Å²) in [6.45, 7) is 1.79. The van der Waals surface area contributed by atoms with Crippen molar-refractivity contribution in [1.29, 1.82) is 0 Å². The fraction of sp³-hybridized carbons (Fsp3) is 0.364. The number of carbonyl (C=O) groups is 1. The highest BCUT2D eigenvalue weighted by Gasteiger charge is 2.29. The van der Waals surface area contributed by atoms with Gasteiger partial charge in [-0.25, -0.2) is 14.4 Å². The van der Waals surface area contributed by atoms with E-state index >= 15 is 0 Å². The second kappa shape index (κ2) is 4.59. The summed E-state index contributed by atoms with van der Waals surface area (Å²) in [6.07, 6.45) is 0.484. The zero-order valence-electron chi connectivity index (χ0n) is 8.90. The van der Waals surface area contributed by atoms with Crippen molar-refractivity contribution in [2.75, 3.05) is 24.6 Å². The molecule has 0 bridgehead atoms. The Morgan fingerprint density at radius 2 is 2.00 bits per heavy atom. The molecule has 1 heterocycles. The maximum Gasteiger partial charge on any atom is 0.242 e. The van der Waals surface area contributed by atoms with Crippen molar-refractivity contribution in [3.05, 3.63) is 30.1 Å². The summed E-state index contributed by atoms with van der Waals surface area (Å²) in [5, 5.41) is 3.46. The zero-order chi connectivity index (χ0) is 11.5. The van der Waals surface area contributed by atoms with Gasteiger partial charge in [-0.1, -0.05) is 0 Å². The monoisotopic (exact) mass is 223 g/mol. The van der Waals surface area contributed by atoms with Crippen LogP contribution in [-0.4, -0.2) is 30.6 Å². The number of benzene rings is 1. The van der Waals surface area contributed by atoms with Crippen LogP contribution in [0.2, 0.25) is 0 Å². The average Bonchev–Trinajstić information content (AvgIpc) is 2.62. The van der Waals surface area contributed by atoms with E-state index in [0.717, 1.165) is 0 Å². The van der Waals surface area contributed by atoms with Crippen LogP contribution in [0.15, 0.2) is 24.3 Å². The number of amides is 1. The SMILES string of the molecule is NCCN1CCC(=O)N1c1ccc(F)cc1. The topological polar surface area (TPSA) is 49.6 Å². The van der Waals surface area contributed by atoms with E-state index < -0.39 is 0 Å². The number of carbonyl (C=O) groups excluding carboxylic acids is 1. The lowest BCUT2D eigenvalue weighted by Crippen LogP contribution is -2.41. The van der Waals surface area contributed by atoms with Crippen LogP contribution in [0.5, 0.6) is 0 Å². The molecular formula is C11H14FN3O. The first kappa shape index (κ1) is 11.0. The van der Waals surface area contributed by atoms with Gasteiger partial charge in [0.2, 0.25) is 5.91 Å². The van der Waals surface area contributed by atoms with E-state index in [1.807, 2.05) is 5.01 Å². The van der Waals surface area contributed by atoms with Crippen molar-refractivity contribution in [2.45, 2.75) is 6.42 Å². The number of nitrogens with zero attached hydrogens (tertiary/aromatic N) is 2. The maximum absolute atomic E-state index is 12.8. The fourth-order valence-corrected chi connectivity index (χ4v) is 1.84. The molecule has 1 saturated heterocycles. The molecule has 5 heteroatoms. The molecule has 0 saturated carbocycles. The first-order chi connectivity index (χ1) is 7.72. The summed E-state index contributed by atoms with van der Waals surface area (Å²) in [5.74, 6) is -0.277. The summed E-state index contributed by atoms with van der Waals surface area (Å²) in [4.78, 5) is 11.7. The quantitative estimate of drug-likeness (QED) is 0.822. The fourth-order valence-electron chi connectivity index (χ4n) is 1.84. The van der Waals surface area contributed by atoms with Gasteiger partial charge >= 0.3 is 0 Å². The number of anilines is 1. The van der Waals surface area contributed by atoms with Gasteiger partial charge in [0.05, 0.1) is 5.69 Å². The second-order valence-electron chi connectivity index (χ2n) is 3.67. The largest absolute Gasteiger partial charge is 0.329 e. The first-order valence-corrected chi connectivity index (χ1v) is 5.26. The number of hydrogen-bond donors (Lipinski definition) is 1. The van der Waals surface area contributed by atoms with Crippen LogP contribution in [0, 0.1) is 5.82 Å². The van der Waals surface area contributed by atoms with Gasteiger partial charge in [0.25, 0.3) is 0 Å². The highest BCUT2D eigenvalue weighted by Crippen LogP contribution is 2.22. The molecule has 1 aliphatic rings. The van der Waals surface area contributed by atoms with E-state index in [1.54, 1.807) is 17.1 Å². The normalized spacial score (nSPS) is 17.1. The first-order valence-electron chi connectivity index (χ1n) is 5.26. The van der Waals surface area contributed by atoms with Crippen LogP contribution in [-0.2, 0) is 4.79 Å². The maximum atomic E-state index is 12.8.